The highest BCUT2D eigenvalue weighted by Gasteiger charge is 2.26. The zero-order valence-electron chi connectivity index (χ0n) is 15.9. The number of benzene rings is 1. The fourth-order valence-corrected chi connectivity index (χ4v) is 3.99. The van der Waals surface area contributed by atoms with Crippen LogP contribution in [-0.4, -0.2) is 26.7 Å². The van der Waals surface area contributed by atoms with Gasteiger partial charge in [0.2, 0.25) is 0 Å². The third-order valence-corrected chi connectivity index (χ3v) is 5.43. The second kappa shape index (κ2) is 6.68. The quantitative estimate of drug-likeness (QED) is 0.750. The van der Waals surface area contributed by atoms with Crippen molar-refractivity contribution in [2.45, 2.75) is 52.1 Å². The number of aromatic nitrogens is 3. The second-order valence-electron chi connectivity index (χ2n) is 7.57. The van der Waals surface area contributed by atoms with Crippen molar-refractivity contribution in [3.05, 3.63) is 63.3 Å². The van der Waals surface area contributed by atoms with Gasteiger partial charge >= 0.3 is 0 Å². The van der Waals surface area contributed by atoms with Gasteiger partial charge in [0.25, 0.3) is 11.5 Å². The molecular formula is C21H24N4O2. The Labute approximate surface area is 157 Å². The first-order valence-electron chi connectivity index (χ1n) is 9.43. The largest absolute Gasteiger partial charge is 0.348 e. The van der Waals surface area contributed by atoms with Crippen LogP contribution in [0.25, 0.3) is 10.8 Å². The number of rotatable bonds is 3. The molecule has 2 heterocycles. The number of aromatic amines is 1. The van der Waals surface area contributed by atoms with Gasteiger partial charge in [-0.1, -0.05) is 18.2 Å². The SMILES string of the molecule is Cc1c(C(=O)NC2CCc3cnn(C(C)C)c3C2)[nH]c(=O)c2ccccc12. The number of hydrogen-bond acceptors (Lipinski definition) is 3. The highest BCUT2D eigenvalue weighted by atomic mass is 16.2. The van der Waals surface area contributed by atoms with Crippen LogP contribution in [0.3, 0.4) is 0 Å². The number of aryl methyl sites for hydroxylation is 2. The zero-order chi connectivity index (χ0) is 19.1. The highest BCUT2D eigenvalue weighted by Crippen LogP contribution is 2.24. The summed E-state index contributed by atoms with van der Waals surface area (Å²) in [6, 6.07) is 7.69. The molecule has 0 fully saturated rings. The summed E-state index contributed by atoms with van der Waals surface area (Å²) in [5, 5.41) is 9.02. The van der Waals surface area contributed by atoms with Crippen molar-refractivity contribution in [1.29, 1.82) is 0 Å². The van der Waals surface area contributed by atoms with Crippen LogP contribution in [0.4, 0.5) is 0 Å². The number of nitrogens with one attached hydrogen (secondary N) is 2. The maximum atomic E-state index is 12.9. The molecule has 27 heavy (non-hydrogen) atoms. The van der Waals surface area contributed by atoms with Crippen molar-refractivity contribution < 1.29 is 4.79 Å². The Kier molecular flexibility index (Phi) is 4.34. The zero-order valence-corrected chi connectivity index (χ0v) is 15.9. The number of hydrogen-bond donors (Lipinski definition) is 2. The fraction of sp³-hybridized carbons (Fsp3) is 0.381. The lowest BCUT2D eigenvalue weighted by atomic mass is 9.93. The Balaban J connectivity index is 1.60. The Hall–Kier alpha value is -2.89. The van der Waals surface area contributed by atoms with E-state index in [1.165, 1.54) is 11.3 Å². The van der Waals surface area contributed by atoms with Crippen molar-refractivity contribution in [3.63, 3.8) is 0 Å². The molecule has 1 aliphatic rings. The van der Waals surface area contributed by atoms with E-state index in [0.717, 1.165) is 30.2 Å². The average Bonchev–Trinajstić information content (AvgIpc) is 3.08. The monoisotopic (exact) mass is 364 g/mol. The molecule has 1 aromatic carbocycles. The topological polar surface area (TPSA) is 79.8 Å². The van der Waals surface area contributed by atoms with Crippen LogP contribution in [0.1, 0.15) is 53.6 Å². The van der Waals surface area contributed by atoms with Crippen LogP contribution in [0.5, 0.6) is 0 Å². The summed E-state index contributed by atoms with van der Waals surface area (Å²) in [5.41, 5.74) is 3.38. The third-order valence-electron chi connectivity index (χ3n) is 5.43. The average molecular weight is 364 g/mol. The minimum absolute atomic E-state index is 0.0357. The Morgan fingerprint density at radius 3 is 2.78 bits per heavy atom. The first-order valence-corrected chi connectivity index (χ1v) is 9.43. The molecule has 0 radical (unpaired) electrons. The van der Waals surface area contributed by atoms with Gasteiger partial charge in [0.1, 0.15) is 5.69 Å². The molecule has 0 aliphatic heterocycles. The predicted octanol–water partition coefficient (Wildman–Crippen LogP) is 2.90. The Morgan fingerprint density at radius 1 is 1.30 bits per heavy atom. The van der Waals surface area contributed by atoms with Crippen LogP contribution in [0.2, 0.25) is 0 Å². The third kappa shape index (κ3) is 3.05. The van der Waals surface area contributed by atoms with Gasteiger partial charge in [-0.15, -0.1) is 0 Å². The van der Waals surface area contributed by atoms with Gasteiger partial charge in [-0.25, -0.2) is 0 Å². The molecule has 140 valence electrons. The molecule has 2 N–H and O–H groups in total. The van der Waals surface area contributed by atoms with E-state index in [0.29, 0.717) is 17.1 Å². The lowest BCUT2D eigenvalue weighted by molar-refractivity contribution is 0.0927. The molecule has 0 saturated heterocycles. The van der Waals surface area contributed by atoms with E-state index in [1.54, 1.807) is 6.07 Å². The summed E-state index contributed by atoms with van der Waals surface area (Å²) in [6.45, 7) is 6.09. The van der Waals surface area contributed by atoms with Gasteiger partial charge in [-0.05, 0) is 56.2 Å². The summed E-state index contributed by atoms with van der Waals surface area (Å²) < 4.78 is 2.04. The molecule has 1 atom stereocenters. The normalized spacial score (nSPS) is 16.5. The van der Waals surface area contributed by atoms with Gasteiger partial charge in [-0.2, -0.15) is 5.10 Å². The Morgan fingerprint density at radius 2 is 2.04 bits per heavy atom. The smallest absolute Gasteiger partial charge is 0.268 e. The molecular weight excluding hydrogens is 340 g/mol. The van der Waals surface area contributed by atoms with E-state index in [2.05, 4.69) is 29.2 Å². The fourth-order valence-electron chi connectivity index (χ4n) is 3.99. The Bertz CT molecular complexity index is 1080. The van der Waals surface area contributed by atoms with Crippen molar-refractivity contribution in [3.8, 4) is 0 Å². The second-order valence-corrected chi connectivity index (χ2v) is 7.57. The van der Waals surface area contributed by atoms with Gasteiger partial charge in [0.05, 0.1) is 6.20 Å². The summed E-state index contributed by atoms with van der Waals surface area (Å²) in [6.07, 6.45) is 4.48. The summed E-state index contributed by atoms with van der Waals surface area (Å²) >= 11 is 0. The summed E-state index contributed by atoms with van der Waals surface area (Å²) in [7, 11) is 0. The standard InChI is InChI=1S/C21H24N4O2/c1-12(2)25-18-10-15(9-8-14(18)11-22-25)23-21(27)19-13(3)16-6-4-5-7-17(16)20(26)24-19/h4-7,11-12,15H,8-10H2,1-3H3,(H,23,27)(H,24,26). The van der Waals surface area contributed by atoms with Crippen molar-refractivity contribution in [2.75, 3.05) is 0 Å². The molecule has 0 bridgehead atoms. The minimum atomic E-state index is -0.231. The number of nitrogens with zero attached hydrogens (tertiary/aromatic N) is 2. The number of carbonyl (C=O) groups excluding carboxylic acids is 1. The van der Waals surface area contributed by atoms with E-state index < -0.39 is 0 Å². The minimum Gasteiger partial charge on any atom is -0.348 e. The maximum absolute atomic E-state index is 12.9. The van der Waals surface area contributed by atoms with E-state index >= 15 is 0 Å². The van der Waals surface area contributed by atoms with E-state index in [4.69, 9.17) is 0 Å². The number of pyridine rings is 1. The number of H-pyrrole nitrogens is 1. The van der Waals surface area contributed by atoms with Crippen LogP contribution in [0, 0.1) is 6.92 Å². The highest BCUT2D eigenvalue weighted by molar-refractivity contribution is 5.99. The summed E-state index contributed by atoms with van der Waals surface area (Å²) in [5.74, 6) is -0.223. The van der Waals surface area contributed by atoms with Gasteiger partial charge in [-0.3, -0.25) is 14.3 Å². The number of carbonyl (C=O) groups is 1. The maximum Gasteiger partial charge on any atom is 0.268 e. The molecule has 6 nitrogen and oxygen atoms in total. The van der Waals surface area contributed by atoms with Gasteiger partial charge in [0.15, 0.2) is 0 Å². The molecule has 0 saturated carbocycles. The lowest BCUT2D eigenvalue weighted by Gasteiger charge is -2.25. The molecule has 6 heteroatoms. The molecule has 0 spiro atoms. The molecule has 2 aromatic heterocycles. The lowest BCUT2D eigenvalue weighted by Crippen LogP contribution is -2.40. The van der Waals surface area contributed by atoms with Gasteiger partial charge < -0.3 is 10.3 Å². The number of fused-ring (bicyclic) bond motifs is 2. The van der Waals surface area contributed by atoms with Crippen LogP contribution < -0.4 is 10.9 Å². The van der Waals surface area contributed by atoms with E-state index in [9.17, 15) is 9.59 Å². The first kappa shape index (κ1) is 17.5. The van der Waals surface area contributed by atoms with E-state index in [1.807, 2.05) is 36.0 Å². The van der Waals surface area contributed by atoms with Crippen LogP contribution >= 0.6 is 0 Å². The van der Waals surface area contributed by atoms with Crippen molar-refractivity contribution >= 4 is 16.7 Å². The number of amides is 1. The van der Waals surface area contributed by atoms with Crippen molar-refractivity contribution in [1.82, 2.24) is 20.1 Å². The molecule has 1 aliphatic carbocycles. The summed E-state index contributed by atoms with van der Waals surface area (Å²) in [4.78, 5) is 28.0. The molecule has 1 amide bonds. The van der Waals surface area contributed by atoms with Crippen LogP contribution in [-0.2, 0) is 12.8 Å². The molecule has 4 rings (SSSR count). The van der Waals surface area contributed by atoms with E-state index in [-0.39, 0.29) is 17.5 Å². The molecule has 1 unspecified atom stereocenters. The molecule has 3 aromatic rings. The van der Waals surface area contributed by atoms with Gasteiger partial charge in [0, 0.05) is 29.6 Å². The van der Waals surface area contributed by atoms with Crippen molar-refractivity contribution in [2.24, 2.45) is 0 Å². The van der Waals surface area contributed by atoms with Crippen LogP contribution in [0.15, 0.2) is 35.3 Å². The predicted molar refractivity (Wildman–Crippen MR) is 105 cm³/mol. The first-order chi connectivity index (χ1) is 13.0.